The molecular formula is C45H78O7Si2. The fraction of sp³-hybridized carbons (Fsp3) is 0.778. The Morgan fingerprint density at radius 1 is 0.852 bits per heavy atom. The first kappa shape index (κ1) is 45.6. The summed E-state index contributed by atoms with van der Waals surface area (Å²) in [5.74, 6) is 0.506. The molecule has 1 N–H and O–H groups in total. The van der Waals surface area contributed by atoms with Crippen molar-refractivity contribution in [1.82, 2.24) is 0 Å². The summed E-state index contributed by atoms with van der Waals surface area (Å²) in [6.45, 7) is 35.1. The van der Waals surface area contributed by atoms with Crippen molar-refractivity contribution >= 4 is 16.6 Å². The van der Waals surface area contributed by atoms with E-state index in [2.05, 4.69) is 118 Å². The van der Waals surface area contributed by atoms with Gasteiger partial charge in [0.1, 0.15) is 0 Å². The molecule has 3 heterocycles. The average molecular weight is 787 g/mol. The quantitative estimate of drug-likeness (QED) is 0.117. The van der Waals surface area contributed by atoms with Gasteiger partial charge in [0.15, 0.2) is 16.6 Å². The molecule has 3 aliphatic heterocycles. The van der Waals surface area contributed by atoms with Crippen molar-refractivity contribution < 1.29 is 32.9 Å². The minimum absolute atomic E-state index is 0.0621. The van der Waals surface area contributed by atoms with E-state index in [4.69, 9.17) is 27.8 Å². The molecule has 0 saturated carbocycles. The highest BCUT2D eigenvalue weighted by Crippen LogP contribution is 2.44. The highest BCUT2D eigenvalue weighted by atomic mass is 28.4. The summed E-state index contributed by atoms with van der Waals surface area (Å²) in [7, 11) is -2.28. The molecule has 9 heteroatoms. The third-order valence-electron chi connectivity index (χ3n) is 13.6. The summed E-state index contributed by atoms with van der Waals surface area (Å²) >= 11 is 0. The molecular weight excluding hydrogens is 709 g/mol. The van der Waals surface area contributed by atoms with E-state index in [-0.39, 0.29) is 71.4 Å². The second-order valence-electron chi connectivity index (χ2n) is 19.8. The van der Waals surface area contributed by atoms with Crippen LogP contribution >= 0.6 is 0 Å². The number of ether oxygens (including phenoxy) is 4. The standard InChI is InChI=1S/C45H78O7Si2/c1-31-25-36(22-23-39-32(2)26-35(49-39)21-18-24-46)50-40(33(31)3)29-41-38(27-34-19-16-15-17-20-34)43(47-10)42(51-41)28-37(52-54(13,14)45(7,8)9)30-48-53(11,12)44(4,5)6/h15-17,19-20,31,35-43,46H,2-3,18,21-30H2,1,4-14H3/t31-,35?,36?,37+,38+,39+,40?,41+,42-,43-/m1/s1. The molecule has 3 saturated heterocycles. The number of methoxy groups -OCH3 is 1. The molecule has 54 heavy (non-hydrogen) atoms. The van der Waals surface area contributed by atoms with Crippen molar-refractivity contribution in [3.8, 4) is 0 Å². The van der Waals surface area contributed by atoms with Gasteiger partial charge in [0, 0.05) is 32.5 Å². The number of benzene rings is 1. The van der Waals surface area contributed by atoms with E-state index >= 15 is 0 Å². The van der Waals surface area contributed by atoms with Crippen LogP contribution in [-0.4, -0.2) is 90.9 Å². The number of aliphatic hydroxyl groups is 1. The van der Waals surface area contributed by atoms with Crippen molar-refractivity contribution in [2.75, 3.05) is 20.3 Å². The van der Waals surface area contributed by atoms with Crippen LogP contribution in [0.15, 0.2) is 54.6 Å². The van der Waals surface area contributed by atoms with E-state index in [1.54, 1.807) is 0 Å². The van der Waals surface area contributed by atoms with Crippen LogP contribution < -0.4 is 0 Å². The largest absolute Gasteiger partial charge is 0.414 e. The smallest absolute Gasteiger partial charge is 0.192 e. The Labute approximate surface area is 332 Å². The van der Waals surface area contributed by atoms with Gasteiger partial charge in [0.2, 0.25) is 0 Å². The van der Waals surface area contributed by atoms with Crippen molar-refractivity contribution in [2.45, 2.75) is 191 Å². The normalized spacial score (nSPS) is 30.6. The molecule has 7 nitrogen and oxygen atoms in total. The lowest BCUT2D eigenvalue weighted by Crippen LogP contribution is -2.49. The summed E-state index contributed by atoms with van der Waals surface area (Å²) in [5.41, 5.74) is 3.63. The van der Waals surface area contributed by atoms with Crippen LogP contribution in [-0.2, 0) is 34.2 Å². The summed E-state index contributed by atoms with van der Waals surface area (Å²) in [4.78, 5) is 0. The van der Waals surface area contributed by atoms with Crippen molar-refractivity contribution in [3.63, 3.8) is 0 Å². The number of hydrogen-bond donors (Lipinski definition) is 1. The SMILES string of the molecule is C=C1C(C[C@@H]2O[C@H](C[C@@H](CO[Si](C)(C)C(C)(C)C)O[Si](C)(C)C(C)(C)C)[C@H](OC)[C@H]2Cc2ccccc2)OC(CC[C@@H]2OC(CCCO)CC2=C)C[C@H]1C. The molecule has 0 spiro atoms. The van der Waals surface area contributed by atoms with Crippen LogP contribution in [0.25, 0.3) is 0 Å². The molecule has 0 radical (unpaired) electrons. The minimum atomic E-state index is -2.12. The number of aliphatic hydroxyl groups excluding tert-OH is 1. The average Bonchev–Trinajstić information content (AvgIpc) is 3.60. The lowest BCUT2D eigenvalue weighted by molar-refractivity contribution is -0.0786. The topological polar surface area (TPSA) is 75.6 Å². The summed E-state index contributed by atoms with van der Waals surface area (Å²) in [5, 5.41) is 9.47. The second kappa shape index (κ2) is 19.1. The Morgan fingerprint density at radius 2 is 1.50 bits per heavy atom. The molecule has 3 fully saturated rings. The second-order valence-corrected chi connectivity index (χ2v) is 29.4. The van der Waals surface area contributed by atoms with Crippen LogP contribution in [0.4, 0.5) is 0 Å². The molecule has 0 aliphatic carbocycles. The highest BCUT2D eigenvalue weighted by Gasteiger charge is 2.49. The summed E-state index contributed by atoms with van der Waals surface area (Å²) in [6.07, 6.45) is 7.54. The van der Waals surface area contributed by atoms with E-state index in [1.165, 1.54) is 16.7 Å². The maximum absolute atomic E-state index is 9.29. The predicted molar refractivity (Wildman–Crippen MR) is 227 cm³/mol. The predicted octanol–water partition coefficient (Wildman–Crippen LogP) is 10.4. The maximum atomic E-state index is 9.29. The van der Waals surface area contributed by atoms with Crippen LogP contribution in [0, 0.1) is 11.8 Å². The van der Waals surface area contributed by atoms with E-state index < -0.39 is 16.6 Å². The maximum Gasteiger partial charge on any atom is 0.192 e. The first-order chi connectivity index (χ1) is 25.2. The molecule has 0 amide bonds. The van der Waals surface area contributed by atoms with Crippen molar-refractivity contribution in [3.05, 3.63) is 60.2 Å². The zero-order valence-corrected chi connectivity index (χ0v) is 38.2. The Bertz CT molecular complexity index is 1340. The fourth-order valence-corrected chi connectivity index (χ4v) is 10.4. The van der Waals surface area contributed by atoms with Gasteiger partial charge in [-0.3, -0.25) is 0 Å². The van der Waals surface area contributed by atoms with Crippen LogP contribution in [0.1, 0.15) is 105 Å². The fourth-order valence-electron chi connectivity index (χ4n) is 8.03. The van der Waals surface area contributed by atoms with Crippen LogP contribution in [0.5, 0.6) is 0 Å². The monoisotopic (exact) mass is 787 g/mol. The van der Waals surface area contributed by atoms with E-state index in [1.807, 2.05) is 7.11 Å². The molecule has 4 rings (SSSR count). The molecule has 0 bridgehead atoms. The third kappa shape index (κ3) is 11.9. The Kier molecular flexibility index (Phi) is 16.1. The molecule has 3 aliphatic rings. The lowest BCUT2D eigenvalue weighted by atomic mass is 9.81. The summed E-state index contributed by atoms with van der Waals surface area (Å²) in [6, 6.07) is 10.8. The van der Waals surface area contributed by atoms with Crippen molar-refractivity contribution in [2.24, 2.45) is 11.8 Å². The zero-order chi connectivity index (χ0) is 40.1. The van der Waals surface area contributed by atoms with Gasteiger partial charge < -0.3 is 32.9 Å². The molecule has 10 atom stereocenters. The lowest BCUT2D eigenvalue weighted by Gasteiger charge is -2.42. The first-order valence-corrected chi connectivity index (χ1v) is 26.8. The Balaban J connectivity index is 1.54. The van der Waals surface area contributed by atoms with E-state index in [0.717, 1.165) is 57.8 Å². The highest BCUT2D eigenvalue weighted by molar-refractivity contribution is 6.74. The van der Waals surface area contributed by atoms with E-state index in [0.29, 0.717) is 12.5 Å². The molecule has 3 unspecified atom stereocenters. The van der Waals surface area contributed by atoms with Gasteiger partial charge in [-0.2, -0.15) is 0 Å². The molecule has 0 aromatic heterocycles. The molecule has 308 valence electrons. The van der Waals surface area contributed by atoms with Gasteiger partial charge in [-0.05, 0) is 104 Å². The minimum Gasteiger partial charge on any atom is -0.414 e. The Hall–Kier alpha value is -1.15. The third-order valence-corrected chi connectivity index (χ3v) is 22.6. The molecule has 1 aromatic rings. The zero-order valence-electron chi connectivity index (χ0n) is 36.2. The first-order valence-electron chi connectivity index (χ1n) is 21.0. The summed E-state index contributed by atoms with van der Waals surface area (Å²) < 4.78 is 41.0. The van der Waals surface area contributed by atoms with Gasteiger partial charge in [-0.1, -0.05) is 92.0 Å². The van der Waals surface area contributed by atoms with Crippen molar-refractivity contribution in [1.29, 1.82) is 0 Å². The van der Waals surface area contributed by atoms with Crippen LogP contribution in [0.3, 0.4) is 0 Å². The molecule has 1 aromatic carbocycles. The van der Waals surface area contributed by atoms with Gasteiger partial charge in [0.25, 0.3) is 0 Å². The number of hydrogen-bond acceptors (Lipinski definition) is 7. The number of rotatable bonds is 18. The van der Waals surface area contributed by atoms with Gasteiger partial charge in [-0.15, -0.1) is 0 Å². The van der Waals surface area contributed by atoms with E-state index in [9.17, 15) is 5.11 Å². The van der Waals surface area contributed by atoms with Gasteiger partial charge >= 0.3 is 0 Å². The van der Waals surface area contributed by atoms with Crippen LogP contribution in [0.2, 0.25) is 36.3 Å². The van der Waals surface area contributed by atoms with Gasteiger partial charge in [0.05, 0.1) is 55.4 Å². The Morgan fingerprint density at radius 3 is 2.11 bits per heavy atom. The van der Waals surface area contributed by atoms with Gasteiger partial charge in [-0.25, -0.2) is 0 Å².